The van der Waals surface area contributed by atoms with Gasteiger partial charge in [-0.05, 0) is 18.8 Å². The Hall–Kier alpha value is -1.26. The van der Waals surface area contributed by atoms with E-state index in [1.54, 1.807) is 6.92 Å². The molecule has 0 saturated heterocycles. The molecule has 0 aliphatic carbocycles. The second-order valence-electron chi connectivity index (χ2n) is 4.53. The predicted octanol–water partition coefficient (Wildman–Crippen LogP) is 1.83. The van der Waals surface area contributed by atoms with Crippen LogP contribution in [0.25, 0.3) is 0 Å². The maximum absolute atomic E-state index is 11.3. The first-order chi connectivity index (χ1) is 7.97. The van der Waals surface area contributed by atoms with Crippen LogP contribution in [-0.2, 0) is 4.79 Å². The van der Waals surface area contributed by atoms with Gasteiger partial charge < -0.3 is 15.7 Å². The number of hydrogen-bond acceptors (Lipinski definition) is 2. The Bertz CT molecular complexity index is 244. The normalized spacial score (nSPS) is 13.8. The molecular formula is C12H24N2O3. The molecule has 5 heteroatoms. The van der Waals surface area contributed by atoms with Gasteiger partial charge in [-0.3, -0.25) is 4.79 Å². The number of carboxylic acid groups (broad SMARTS) is 1. The van der Waals surface area contributed by atoms with Crippen LogP contribution in [0.1, 0.15) is 40.0 Å². The maximum Gasteiger partial charge on any atom is 0.314 e. The molecule has 0 aromatic heterocycles. The molecule has 0 fully saturated rings. The molecule has 2 unspecified atom stereocenters. The van der Waals surface area contributed by atoms with Crippen molar-refractivity contribution in [2.45, 2.75) is 40.0 Å². The van der Waals surface area contributed by atoms with Crippen molar-refractivity contribution in [3.05, 3.63) is 0 Å². The van der Waals surface area contributed by atoms with E-state index in [4.69, 9.17) is 5.11 Å². The molecule has 0 bridgehead atoms. The molecule has 100 valence electrons. The van der Waals surface area contributed by atoms with Gasteiger partial charge in [0.25, 0.3) is 0 Å². The van der Waals surface area contributed by atoms with Crippen molar-refractivity contribution in [1.82, 2.24) is 10.6 Å². The minimum atomic E-state index is -0.786. The summed E-state index contributed by atoms with van der Waals surface area (Å²) in [4.78, 5) is 21.8. The molecule has 0 aliphatic rings. The van der Waals surface area contributed by atoms with Crippen molar-refractivity contribution in [1.29, 1.82) is 0 Å². The lowest BCUT2D eigenvalue weighted by molar-refractivity contribution is -0.141. The molecule has 5 nitrogen and oxygen atoms in total. The van der Waals surface area contributed by atoms with E-state index in [9.17, 15) is 9.59 Å². The van der Waals surface area contributed by atoms with Crippen molar-refractivity contribution < 1.29 is 14.7 Å². The van der Waals surface area contributed by atoms with Crippen molar-refractivity contribution in [2.24, 2.45) is 11.8 Å². The number of carbonyl (C=O) groups is 2. The highest BCUT2D eigenvalue weighted by molar-refractivity contribution is 5.73. The number of carboxylic acids is 1. The summed E-state index contributed by atoms with van der Waals surface area (Å²) >= 11 is 0. The standard InChI is InChI=1S/C12H24N2O3/c1-4-9(2)8-14-12(17)13-7-5-6-10(3)11(15)16/h9-10H,4-8H2,1-3H3,(H,15,16)(H2,13,14,17). The molecule has 0 saturated carbocycles. The fourth-order valence-corrected chi connectivity index (χ4v) is 1.21. The first kappa shape index (κ1) is 15.7. The van der Waals surface area contributed by atoms with E-state index in [1.165, 1.54) is 0 Å². The highest BCUT2D eigenvalue weighted by Gasteiger charge is 2.10. The van der Waals surface area contributed by atoms with Gasteiger partial charge in [-0.15, -0.1) is 0 Å². The van der Waals surface area contributed by atoms with E-state index in [2.05, 4.69) is 24.5 Å². The zero-order valence-electron chi connectivity index (χ0n) is 11.0. The second kappa shape index (κ2) is 8.84. The lowest BCUT2D eigenvalue weighted by Crippen LogP contribution is -2.38. The van der Waals surface area contributed by atoms with E-state index in [-0.39, 0.29) is 11.9 Å². The third kappa shape index (κ3) is 8.54. The molecule has 0 aliphatic heterocycles. The Labute approximate surface area is 103 Å². The highest BCUT2D eigenvalue weighted by Crippen LogP contribution is 2.04. The number of urea groups is 1. The van der Waals surface area contributed by atoms with Gasteiger partial charge in [0.2, 0.25) is 0 Å². The van der Waals surface area contributed by atoms with Crippen molar-refractivity contribution in [3.63, 3.8) is 0 Å². The van der Waals surface area contributed by atoms with Crippen LogP contribution in [-0.4, -0.2) is 30.2 Å². The van der Waals surface area contributed by atoms with Gasteiger partial charge in [-0.25, -0.2) is 4.79 Å². The van der Waals surface area contributed by atoms with E-state index in [1.807, 2.05) is 0 Å². The Kier molecular flexibility index (Phi) is 8.19. The average Bonchev–Trinajstić information content (AvgIpc) is 2.30. The van der Waals surface area contributed by atoms with Crippen molar-refractivity contribution >= 4 is 12.0 Å². The van der Waals surface area contributed by atoms with Crippen LogP contribution >= 0.6 is 0 Å². The van der Waals surface area contributed by atoms with Crippen LogP contribution in [0, 0.1) is 11.8 Å². The first-order valence-corrected chi connectivity index (χ1v) is 6.21. The van der Waals surface area contributed by atoms with Crippen LogP contribution in [0.15, 0.2) is 0 Å². The quantitative estimate of drug-likeness (QED) is 0.570. The van der Waals surface area contributed by atoms with Gasteiger partial charge in [0.1, 0.15) is 0 Å². The van der Waals surface area contributed by atoms with Crippen molar-refractivity contribution in [3.8, 4) is 0 Å². The predicted molar refractivity (Wildman–Crippen MR) is 66.9 cm³/mol. The Morgan fingerprint density at radius 2 is 1.88 bits per heavy atom. The van der Waals surface area contributed by atoms with Crippen molar-refractivity contribution in [2.75, 3.05) is 13.1 Å². The number of hydrogen-bond donors (Lipinski definition) is 3. The minimum absolute atomic E-state index is 0.173. The van der Waals surface area contributed by atoms with Gasteiger partial charge in [-0.2, -0.15) is 0 Å². The molecule has 0 aromatic carbocycles. The van der Waals surface area contributed by atoms with Crippen LogP contribution < -0.4 is 10.6 Å². The monoisotopic (exact) mass is 244 g/mol. The molecule has 2 amide bonds. The smallest absolute Gasteiger partial charge is 0.314 e. The number of aliphatic carboxylic acids is 1. The Morgan fingerprint density at radius 3 is 2.41 bits per heavy atom. The van der Waals surface area contributed by atoms with E-state index < -0.39 is 5.97 Å². The Morgan fingerprint density at radius 1 is 1.24 bits per heavy atom. The SMILES string of the molecule is CCC(C)CNC(=O)NCCCC(C)C(=O)O. The number of rotatable bonds is 8. The van der Waals surface area contributed by atoms with Crippen LogP contribution in [0.4, 0.5) is 4.79 Å². The largest absolute Gasteiger partial charge is 0.481 e. The van der Waals surface area contributed by atoms with Gasteiger partial charge in [0, 0.05) is 13.1 Å². The molecule has 3 N–H and O–H groups in total. The summed E-state index contributed by atoms with van der Waals surface area (Å²) in [5, 5.41) is 14.2. The third-order valence-corrected chi connectivity index (χ3v) is 2.83. The summed E-state index contributed by atoms with van der Waals surface area (Å²) < 4.78 is 0. The molecule has 17 heavy (non-hydrogen) atoms. The summed E-state index contributed by atoms with van der Waals surface area (Å²) in [7, 11) is 0. The minimum Gasteiger partial charge on any atom is -0.481 e. The first-order valence-electron chi connectivity index (χ1n) is 6.21. The van der Waals surface area contributed by atoms with Gasteiger partial charge in [-0.1, -0.05) is 27.2 Å². The fraction of sp³-hybridized carbons (Fsp3) is 0.833. The summed E-state index contributed by atoms with van der Waals surface area (Å²) in [5.74, 6) is -0.654. The zero-order valence-corrected chi connectivity index (χ0v) is 11.0. The fourth-order valence-electron chi connectivity index (χ4n) is 1.21. The van der Waals surface area contributed by atoms with Gasteiger partial charge in [0.15, 0.2) is 0 Å². The number of amides is 2. The highest BCUT2D eigenvalue weighted by atomic mass is 16.4. The average molecular weight is 244 g/mol. The number of nitrogens with one attached hydrogen (secondary N) is 2. The maximum atomic E-state index is 11.3. The van der Waals surface area contributed by atoms with Gasteiger partial charge >= 0.3 is 12.0 Å². The van der Waals surface area contributed by atoms with Crippen LogP contribution in [0.5, 0.6) is 0 Å². The molecule has 0 radical (unpaired) electrons. The van der Waals surface area contributed by atoms with E-state index >= 15 is 0 Å². The van der Waals surface area contributed by atoms with E-state index in [0.717, 1.165) is 6.42 Å². The lowest BCUT2D eigenvalue weighted by Gasteiger charge is -2.11. The molecule has 0 rings (SSSR count). The summed E-state index contributed by atoms with van der Waals surface area (Å²) in [6.45, 7) is 7.02. The van der Waals surface area contributed by atoms with Crippen LogP contribution in [0.3, 0.4) is 0 Å². The topological polar surface area (TPSA) is 78.4 Å². The van der Waals surface area contributed by atoms with E-state index in [0.29, 0.717) is 31.8 Å². The second-order valence-corrected chi connectivity index (χ2v) is 4.53. The molecule has 0 spiro atoms. The zero-order chi connectivity index (χ0) is 13.3. The van der Waals surface area contributed by atoms with Crippen LogP contribution in [0.2, 0.25) is 0 Å². The third-order valence-electron chi connectivity index (χ3n) is 2.83. The Balaban J connectivity index is 3.48. The summed E-state index contributed by atoms with van der Waals surface area (Å²) in [6.07, 6.45) is 2.31. The molecule has 0 heterocycles. The molecule has 0 aromatic rings. The summed E-state index contributed by atoms with van der Waals surface area (Å²) in [5.41, 5.74) is 0. The lowest BCUT2D eigenvalue weighted by atomic mass is 10.1. The molecule has 2 atom stereocenters. The van der Waals surface area contributed by atoms with Gasteiger partial charge in [0.05, 0.1) is 5.92 Å². The molecular weight excluding hydrogens is 220 g/mol. The summed E-state index contributed by atoms with van der Waals surface area (Å²) in [6, 6.07) is -0.173. The number of carbonyl (C=O) groups excluding carboxylic acids is 1.